The summed E-state index contributed by atoms with van der Waals surface area (Å²) in [5.74, 6) is 0. The summed E-state index contributed by atoms with van der Waals surface area (Å²) in [7, 11) is 0. The first-order valence-electron chi connectivity index (χ1n) is 8.22. The average molecular weight is 323 g/mol. The molecule has 1 atom stereocenters. The number of nitrogens with zero attached hydrogens (tertiary/aromatic N) is 3. The molecule has 22 heavy (non-hydrogen) atoms. The summed E-state index contributed by atoms with van der Waals surface area (Å²) in [5.41, 5.74) is 2.49. The van der Waals surface area contributed by atoms with Gasteiger partial charge in [-0.2, -0.15) is 5.10 Å². The Labute approximate surface area is 139 Å². The van der Waals surface area contributed by atoms with Crippen molar-refractivity contribution in [3.63, 3.8) is 0 Å². The Morgan fingerprint density at radius 1 is 1.27 bits per heavy atom. The Morgan fingerprint density at radius 3 is 2.86 bits per heavy atom. The molecule has 0 bridgehead atoms. The largest absolute Gasteiger partial charge is 0.314 e. The molecule has 0 radical (unpaired) electrons. The number of aryl methyl sites for hydroxylation is 1. The van der Waals surface area contributed by atoms with Crippen LogP contribution in [0.4, 0.5) is 0 Å². The van der Waals surface area contributed by atoms with E-state index in [2.05, 4.69) is 53.0 Å². The van der Waals surface area contributed by atoms with Gasteiger partial charge in [-0.05, 0) is 19.4 Å². The van der Waals surface area contributed by atoms with E-state index in [1.165, 1.54) is 29.4 Å². The number of hydrogen-bond acceptors (Lipinski definition) is 3. The van der Waals surface area contributed by atoms with Crippen LogP contribution < -0.4 is 5.32 Å². The first-order valence-corrected chi connectivity index (χ1v) is 8.22. The highest BCUT2D eigenvalue weighted by atomic mass is 35.5. The molecule has 4 nitrogen and oxygen atoms in total. The zero-order chi connectivity index (χ0) is 14.7. The van der Waals surface area contributed by atoms with Crippen LogP contribution in [0.15, 0.2) is 24.3 Å². The molecular formula is C17H27ClN4. The van der Waals surface area contributed by atoms with Gasteiger partial charge in [-0.1, -0.05) is 31.5 Å². The zero-order valence-electron chi connectivity index (χ0n) is 13.6. The highest BCUT2D eigenvalue weighted by Crippen LogP contribution is 2.21. The van der Waals surface area contributed by atoms with Crippen LogP contribution in [-0.4, -0.2) is 40.4 Å². The highest BCUT2D eigenvalue weighted by molar-refractivity contribution is 5.85. The second-order valence-electron chi connectivity index (χ2n) is 5.90. The van der Waals surface area contributed by atoms with Crippen molar-refractivity contribution < 1.29 is 0 Å². The van der Waals surface area contributed by atoms with Crippen molar-refractivity contribution in [2.24, 2.45) is 0 Å². The van der Waals surface area contributed by atoms with Crippen molar-refractivity contribution in [2.75, 3.05) is 19.6 Å². The SMILES string of the molecule is CCCC1CNCCN1Cc1nn(CC)c2ccccc12.Cl. The van der Waals surface area contributed by atoms with Gasteiger partial charge in [0.15, 0.2) is 0 Å². The third-order valence-corrected chi connectivity index (χ3v) is 4.48. The monoisotopic (exact) mass is 322 g/mol. The molecule has 1 unspecified atom stereocenters. The number of halogens is 1. The quantitative estimate of drug-likeness (QED) is 0.918. The molecule has 1 aliphatic rings. The summed E-state index contributed by atoms with van der Waals surface area (Å²) >= 11 is 0. The minimum Gasteiger partial charge on any atom is -0.314 e. The summed E-state index contributed by atoms with van der Waals surface area (Å²) < 4.78 is 2.13. The van der Waals surface area contributed by atoms with E-state index >= 15 is 0 Å². The second-order valence-corrected chi connectivity index (χ2v) is 5.90. The summed E-state index contributed by atoms with van der Waals surface area (Å²) in [6.07, 6.45) is 2.51. The van der Waals surface area contributed by atoms with Crippen molar-refractivity contribution in [3.05, 3.63) is 30.0 Å². The molecule has 1 N–H and O–H groups in total. The van der Waals surface area contributed by atoms with E-state index < -0.39 is 0 Å². The molecule has 2 heterocycles. The number of nitrogens with one attached hydrogen (secondary N) is 1. The maximum Gasteiger partial charge on any atom is 0.0843 e. The van der Waals surface area contributed by atoms with Gasteiger partial charge in [-0.15, -0.1) is 12.4 Å². The molecule has 1 aromatic carbocycles. The number of para-hydroxylation sites is 1. The van der Waals surface area contributed by atoms with E-state index in [9.17, 15) is 0 Å². The predicted octanol–water partition coefficient (Wildman–Crippen LogP) is 3.05. The van der Waals surface area contributed by atoms with Gasteiger partial charge in [0, 0.05) is 44.2 Å². The molecule has 1 aromatic heterocycles. The zero-order valence-corrected chi connectivity index (χ0v) is 14.4. The Balaban J connectivity index is 0.00000176. The van der Waals surface area contributed by atoms with Gasteiger partial charge < -0.3 is 5.32 Å². The third-order valence-electron chi connectivity index (χ3n) is 4.48. The molecule has 3 rings (SSSR count). The van der Waals surface area contributed by atoms with Crippen LogP contribution in [0.1, 0.15) is 32.4 Å². The van der Waals surface area contributed by atoms with Crippen molar-refractivity contribution in [3.8, 4) is 0 Å². The topological polar surface area (TPSA) is 33.1 Å². The Kier molecular flexibility index (Phi) is 6.24. The maximum absolute atomic E-state index is 4.85. The molecule has 122 valence electrons. The first kappa shape index (κ1) is 17.3. The van der Waals surface area contributed by atoms with Crippen LogP contribution in [0.3, 0.4) is 0 Å². The summed E-state index contributed by atoms with van der Waals surface area (Å²) in [5, 5.41) is 9.69. The van der Waals surface area contributed by atoms with E-state index in [0.717, 1.165) is 32.7 Å². The third kappa shape index (κ3) is 3.45. The molecule has 0 amide bonds. The van der Waals surface area contributed by atoms with Crippen molar-refractivity contribution >= 4 is 23.3 Å². The van der Waals surface area contributed by atoms with Gasteiger partial charge in [0.05, 0.1) is 11.2 Å². The van der Waals surface area contributed by atoms with E-state index in [0.29, 0.717) is 6.04 Å². The normalized spacial score (nSPS) is 19.3. The van der Waals surface area contributed by atoms with Crippen LogP contribution in [0.5, 0.6) is 0 Å². The second kappa shape index (κ2) is 7.95. The van der Waals surface area contributed by atoms with Gasteiger partial charge in [-0.3, -0.25) is 9.58 Å². The lowest BCUT2D eigenvalue weighted by Crippen LogP contribution is -2.50. The van der Waals surface area contributed by atoms with Crippen LogP contribution in [0.2, 0.25) is 0 Å². The first-order chi connectivity index (χ1) is 10.3. The van der Waals surface area contributed by atoms with Crippen molar-refractivity contribution in [1.82, 2.24) is 20.0 Å². The maximum atomic E-state index is 4.85. The number of rotatable bonds is 5. The fraction of sp³-hybridized carbons (Fsp3) is 0.588. The highest BCUT2D eigenvalue weighted by Gasteiger charge is 2.23. The van der Waals surface area contributed by atoms with Crippen molar-refractivity contribution in [1.29, 1.82) is 0 Å². The molecule has 0 saturated carbocycles. The molecule has 5 heteroatoms. The summed E-state index contributed by atoms with van der Waals surface area (Å²) in [4.78, 5) is 2.61. The van der Waals surface area contributed by atoms with Gasteiger partial charge in [-0.25, -0.2) is 0 Å². The molecular weight excluding hydrogens is 296 g/mol. The standard InChI is InChI=1S/C17H26N4.ClH/c1-3-7-14-12-18-10-11-20(14)13-16-15-8-5-6-9-17(15)21(4-2)19-16;/h5-6,8-9,14,18H,3-4,7,10-13H2,1-2H3;1H. The smallest absolute Gasteiger partial charge is 0.0843 e. The number of piperazine rings is 1. The van der Waals surface area contributed by atoms with E-state index in [1.807, 2.05) is 0 Å². The summed E-state index contributed by atoms with van der Waals surface area (Å²) in [6, 6.07) is 9.26. The van der Waals surface area contributed by atoms with Gasteiger partial charge >= 0.3 is 0 Å². The molecule has 0 aliphatic carbocycles. The lowest BCUT2D eigenvalue weighted by molar-refractivity contribution is 0.143. The number of hydrogen-bond donors (Lipinski definition) is 1. The molecule has 1 fully saturated rings. The minimum absolute atomic E-state index is 0. The lowest BCUT2D eigenvalue weighted by atomic mass is 10.1. The van der Waals surface area contributed by atoms with Gasteiger partial charge in [0.1, 0.15) is 0 Å². The van der Waals surface area contributed by atoms with Crippen molar-refractivity contribution in [2.45, 2.75) is 45.8 Å². The lowest BCUT2D eigenvalue weighted by Gasteiger charge is -2.35. The average Bonchev–Trinajstić information content (AvgIpc) is 2.88. The van der Waals surface area contributed by atoms with Crippen LogP contribution in [0, 0.1) is 0 Å². The minimum atomic E-state index is 0. The Hall–Kier alpha value is -1.10. The van der Waals surface area contributed by atoms with Gasteiger partial charge in [0.2, 0.25) is 0 Å². The Bertz CT molecular complexity index is 593. The fourth-order valence-corrected chi connectivity index (χ4v) is 3.38. The van der Waals surface area contributed by atoms with E-state index in [4.69, 9.17) is 5.10 Å². The van der Waals surface area contributed by atoms with Crippen LogP contribution in [-0.2, 0) is 13.1 Å². The van der Waals surface area contributed by atoms with E-state index in [-0.39, 0.29) is 12.4 Å². The Morgan fingerprint density at radius 2 is 2.09 bits per heavy atom. The van der Waals surface area contributed by atoms with Gasteiger partial charge in [0.25, 0.3) is 0 Å². The van der Waals surface area contributed by atoms with E-state index in [1.54, 1.807) is 0 Å². The molecule has 1 aliphatic heterocycles. The predicted molar refractivity (Wildman–Crippen MR) is 94.6 cm³/mol. The molecule has 0 spiro atoms. The van der Waals surface area contributed by atoms with Crippen LogP contribution in [0.25, 0.3) is 10.9 Å². The number of benzene rings is 1. The van der Waals surface area contributed by atoms with Crippen LogP contribution >= 0.6 is 12.4 Å². The molecule has 2 aromatic rings. The fourth-order valence-electron chi connectivity index (χ4n) is 3.38. The number of aromatic nitrogens is 2. The number of fused-ring (bicyclic) bond motifs is 1. The summed E-state index contributed by atoms with van der Waals surface area (Å²) in [6.45, 7) is 9.66. The molecule has 1 saturated heterocycles.